The number of carbonyl (C=O) groups excluding carboxylic acids is 1. The van der Waals surface area contributed by atoms with Gasteiger partial charge in [0.05, 0.1) is 0 Å². The van der Waals surface area contributed by atoms with Crippen molar-refractivity contribution in [2.24, 2.45) is 17.8 Å². The summed E-state index contributed by atoms with van der Waals surface area (Å²) >= 11 is 0. The minimum atomic E-state index is -0.936. The molecule has 0 aromatic carbocycles. The van der Waals surface area contributed by atoms with Gasteiger partial charge in [0.1, 0.15) is 6.04 Å². The maximum absolute atomic E-state index is 11.6. The summed E-state index contributed by atoms with van der Waals surface area (Å²) in [7, 11) is 0. The molecular weight excluding hydrogens is 194 g/mol. The first-order valence-corrected chi connectivity index (χ1v) is 5.66. The topological polar surface area (TPSA) is 66.4 Å². The number of carboxylic acids is 1. The van der Waals surface area contributed by atoms with Gasteiger partial charge in [-0.15, -0.1) is 0 Å². The first kappa shape index (κ1) is 10.5. The van der Waals surface area contributed by atoms with E-state index < -0.39 is 12.0 Å². The van der Waals surface area contributed by atoms with Crippen molar-refractivity contribution in [1.82, 2.24) is 5.32 Å². The van der Waals surface area contributed by atoms with Gasteiger partial charge < -0.3 is 10.4 Å². The smallest absolute Gasteiger partial charge is 0.326 e. The second-order valence-corrected chi connectivity index (χ2v) is 4.65. The Labute approximate surface area is 89.0 Å². The Balaban J connectivity index is 1.79. The van der Waals surface area contributed by atoms with Crippen molar-refractivity contribution in [3.05, 3.63) is 0 Å². The number of hydrogen-bond donors (Lipinski definition) is 2. The first-order chi connectivity index (χ1) is 7.13. The Hall–Kier alpha value is -1.06. The van der Waals surface area contributed by atoms with E-state index >= 15 is 0 Å². The molecule has 2 N–H and O–H groups in total. The van der Waals surface area contributed by atoms with Crippen LogP contribution >= 0.6 is 0 Å². The zero-order valence-electron chi connectivity index (χ0n) is 8.90. The molecule has 2 rings (SSSR count). The molecular formula is C11H17NO3. The summed E-state index contributed by atoms with van der Waals surface area (Å²) in [5.41, 5.74) is 0. The zero-order valence-corrected chi connectivity index (χ0v) is 8.90. The van der Waals surface area contributed by atoms with E-state index in [4.69, 9.17) is 5.11 Å². The lowest BCUT2D eigenvalue weighted by atomic mass is 10.2. The van der Waals surface area contributed by atoms with Crippen LogP contribution < -0.4 is 5.32 Å². The highest BCUT2D eigenvalue weighted by Crippen LogP contribution is 2.54. The molecule has 0 spiro atoms. The van der Waals surface area contributed by atoms with Gasteiger partial charge in [-0.2, -0.15) is 0 Å². The molecule has 84 valence electrons. The Morgan fingerprint density at radius 2 is 2.13 bits per heavy atom. The molecule has 2 aliphatic carbocycles. The number of carbonyl (C=O) groups is 2. The molecule has 15 heavy (non-hydrogen) atoms. The normalized spacial score (nSPS) is 30.7. The molecule has 4 heteroatoms. The molecule has 0 aliphatic heterocycles. The Morgan fingerprint density at radius 1 is 1.47 bits per heavy atom. The van der Waals surface area contributed by atoms with Crippen LogP contribution in [-0.4, -0.2) is 23.0 Å². The van der Waals surface area contributed by atoms with Gasteiger partial charge in [-0.1, -0.05) is 6.92 Å². The molecule has 0 heterocycles. The average molecular weight is 211 g/mol. The molecule has 0 aromatic heterocycles. The zero-order chi connectivity index (χ0) is 11.0. The van der Waals surface area contributed by atoms with Gasteiger partial charge in [-0.05, 0) is 37.5 Å². The van der Waals surface area contributed by atoms with Crippen LogP contribution in [0.15, 0.2) is 0 Å². The van der Waals surface area contributed by atoms with Gasteiger partial charge in [0.2, 0.25) is 5.91 Å². The van der Waals surface area contributed by atoms with Crippen LogP contribution in [-0.2, 0) is 9.59 Å². The van der Waals surface area contributed by atoms with Gasteiger partial charge >= 0.3 is 5.97 Å². The second-order valence-electron chi connectivity index (χ2n) is 4.65. The van der Waals surface area contributed by atoms with Gasteiger partial charge in [0.15, 0.2) is 0 Å². The Morgan fingerprint density at radius 3 is 2.60 bits per heavy atom. The third-order valence-corrected chi connectivity index (χ3v) is 3.43. The van der Waals surface area contributed by atoms with Gasteiger partial charge in [-0.3, -0.25) is 4.79 Å². The van der Waals surface area contributed by atoms with Crippen LogP contribution in [0, 0.1) is 17.8 Å². The molecule has 0 saturated heterocycles. The van der Waals surface area contributed by atoms with E-state index in [1.54, 1.807) is 6.92 Å². The quantitative estimate of drug-likeness (QED) is 0.713. The van der Waals surface area contributed by atoms with Crippen LogP contribution in [0.3, 0.4) is 0 Å². The molecule has 3 unspecified atom stereocenters. The Kier molecular flexibility index (Phi) is 2.67. The van der Waals surface area contributed by atoms with Crippen LogP contribution in [0.2, 0.25) is 0 Å². The number of amides is 1. The van der Waals surface area contributed by atoms with Crippen molar-refractivity contribution in [3.8, 4) is 0 Å². The maximum Gasteiger partial charge on any atom is 0.326 e. The SMILES string of the molecule is CCC(NC(=O)C1CC1C1CC1)C(=O)O. The molecule has 1 amide bonds. The van der Waals surface area contributed by atoms with Crippen LogP contribution in [0.25, 0.3) is 0 Å². The predicted octanol–water partition coefficient (Wildman–Crippen LogP) is 1.01. The van der Waals surface area contributed by atoms with E-state index in [0.717, 1.165) is 12.3 Å². The molecule has 2 aliphatic rings. The summed E-state index contributed by atoms with van der Waals surface area (Å²) in [4.78, 5) is 22.4. The fraction of sp³-hybridized carbons (Fsp3) is 0.818. The number of carboxylic acid groups (broad SMARTS) is 1. The van der Waals surface area contributed by atoms with Crippen LogP contribution in [0.5, 0.6) is 0 Å². The highest BCUT2D eigenvalue weighted by molar-refractivity contribution is 5.86. The van der Waals surface area contributed by atoms with Gasteiger partial charge in [0, 0.05) is 5.92 Å². The van der Waals surface area contributed by atoms with Crippen molar-refractivity contribution in [3.63, 3.8) is 0 Å². The minimum absolute atomic E-state index is 0.0545. The predicted molar refractivity (Wildman–Crippen MR) is 54.2 cm³/mol. The summed E-state index contributed by atoms with van der Waals surface area (Å²) in [5.74, 6) is 0.420. The maximum atomic E-state index is 11.6. The van der Waals surface area contributed by atoms with Gasteiger partial charge in [0.25, 0.3) is 0 Å². The van der Waals surface area contributed by atoms with E-state index in [1.165, 1.54) is 12.8 Å². The lowest BCUT2D eigenvalue weighted by Gasteiger charge is -2.11. The third-order valence-electron chi connectivity index (χ3n) is 3.43. The summed E-state index contributed by atoms with van der Waals surface area (Å²) < 4.78 is 0. The first-order valence-electron chi connectivity index (χ1n) is 5.66. The molecule has 2 fully saturated rings. The highest BCUT2D eigenvalue weighted by Gasteiger charge is 2.51. The van der Waals surface area contributed by atoms with Crippen LogP contribution in [0.4, 0.5) is 0 Å². The standard InChI is InChI=1S/C11H17NO3/c1-2-9(11(14)15)12-10(13)8-5-7(8)6-3-4-6/h6-9H,2-5H2,1H3,(H,12,13)(H,14,15). The van der Waals surface area contributed by atoms with Crippen LogP contribution in [0.1, 0.15) is 32.6 Å². The van der Waals surface area contributed by atoms with Crippen molar-refractivity contribution < 1.29 is 14.7 Å². The van der Waals surface area contributed by atoms with Crippen molar-refractivity contribution in [1.29, 1.82) is 0 Å². The van der Waals surface area contributed by atoms with E-state index in [2.05, 4.69) is 5.32 Å². The fourth-order valence-electron chi connectivity index (χ4n) is 2.18. The Bertz CT molecular complexity index is 286. The summed E-state index contributed by atoms with van der Waals surface area (Å²) in [5, 5.41) is 11.4. The lowest BCUT2D eigenvalue weighted by Crippen LogP contribution is -2.41. The number of nitrogens with one attached hydrogen (secondary N) is 1. The molecule has 2 saturated carbocycles. The molecule has 0 bridgehead atoms. The van der Waals surface area contributed by atoms with E-state index in [9.17, 15) is 9.59 Å². The summed E-state index contributed by atoms with van der Waals surface area (Å²) in [6.45, 7) is 1.77. The van der Waals surface area contributed by atoms with E-state index in [1.807, 2.05) is 0 Å². The van der Waals surface area contributed by atoms with Crippen molar-refractivity contribution in [2.75, 3.05) is 0 Å². The third kappa shape index (κ3) is 2.30. The van der Waals surface area contributed by atoms with Crippen molar-refractivity contribution >= 4 is 11.9 Å². The summed E-state index contributed by atoms with van der Waals surface area (Å²) in [6, 6.07) is -0.710. The number of rotatable bonds is 5. The highest BCUT2D eigenvalue weighted by atomic mass is 16.4. The van der Waals surface area contributed by atoms with Crippen molar-refractivity contribution in [2.45, 2.75) is 38.6 Å². The molecule has 0 radical (unpaired) electrons. The minimum Gasteiger partial charge on any atom is -0.480 e. The molecule has 3 atom stereocenters. The number of hydrogen-bond acceptors (Lipinski definition) is 2. The largest absolute Gasteiger partial charge is 0.480 e. The monoisotopic (exact) mass is 211 g/mol. The molecule has 4 nitrogen and oxygen atoms in total. The van der Waals surface area contributed by atoms with E-state index in [-0.39, 0.29) is 11.8 Å². The fourth-order valence-corrected chi connectivity index (χ4v) is 2.18. The summed E-state index contributed by atoms with van der Waals surface area (Å²) in [6.07, 6.45) is 3.92. The van der Waals surface area contributed by atoms with Gasteiger partial charge in [-0.25, -0.2) is 4.79 Å². The average Bonchev–Trinajstić information content (AvgIpc) is 3.03. The van der Waals surface area contributed by atoms with E-state index in [0.29, 0.717) is 12.3 Å². The second kappa shape index (κ2) is 3.83. The molecule has 0 aromatic rings. The number of aliphatic carboxylic acids is 1. The lowest BCUT2D eigenvalue weighted by molar-refractivity contribution is -0.142.